The molecule has 0 saturated carbocycles. The Balaban J connectivity index is 1.32. The van der Waals surface area contributed by atoms with Gasteiger partial charge >= 0.3 is 12.3 Å². The van der Waals surface area contributed by atoms with Crippen LogP contribution < -0.4 is 9.47 Å². The third-order valence-electron chi connectivity index (χ3n) is 7.12. The highest BCUT2D eigenvalue weighted by atomic mass is 19.4. The van der Waals surface area contributed by atoms with Gasteiger partial charge in [0.2, 0.25) is 11.8 Å². The van der Waals surface area contributed by atoms with Crippen molar-refractivity contribution in [1.82, 2.24) is 19.6 Å². The zero-order valence-electron chi connectivity index (χ0n) is 23.3. The zero-order chi connectivity index (χ0) is 31.1. The molecule has 2 aromatic heterocycles. The number of rotatable bonds is 7. The first kappa shape index (κ1) is 29.5. The number of carbonyl (C=O) groups excluding carboxylic acids is 2. The number of amides is 3. The number of aromatic nitrogens is 2. The lowest BCUT2D eigenvalue weighted by molar-refractivity contribution is -0.141. The van der Waals surface area contributed by atoms with Crippen molar-refractivity contribution in [2.24, 2.45) is 22.0 Å². The van der Waals surface area contributed by atoms with E-state index in [1.807, 2.05) is 0 Å². The SMILES string of the molecule is COc1ccc(C2=NN(CCOc3ccc(C4=NN(C(=O)O)C(=O)CC4C)cc3)C(=O)CC2C)c2cc(C(F)(F)F)nn12. The van der Waals surface area contributed by atoms with Gasteiger partial charge in [0, 0.05) is 36.3 Å². The van der Waals surface area contributed by atoms with E-state index in [-0.39, 0.29) is 55.1 Å². The molecule has 4 heterocycles. The van der Waals surface area contributed by atoms with Crippen molar-refractivity contribution >= 4 is 34.8 Å². The van der Waals surface area contributed by atoms with Gasteiger partial charge in [-0.05, 0) is 42.0 Å². The predicted molar refractivity (Wildman–Crippen MR) is 146 cm³/mol. The van der Waals surface area contributed by atoms with E-state index in [2.05, 4.69) is 15.3 Å². The quantitative estimate of drug-likeness (QED) is 0.428. The van der Waals surface area contributed by atoms with Crippen LogP contribution in [0.2, 0.25) is 0 Å². The van der Waals surface area contributed by atoms with Crippen LogP contribution in [0.1, 0.15) is 43.5 Å². The molecule has 226 valence electrons. The van der Waals surface area contributed by atoms with Crippen molar-refractivity contribution < 1.29 is 42.1 Å². The molecule has 2 aliphatic heterocycles. The molecule has 0 bridgehead atoms. The molecule has 0 radical (unpaired) electrons. The van der Waals surface area contributed by atoms with Crippen LogP contribution in [0.25, 0.3) is 5.52 Å². The Morgan fingerprint density at radius 2 is 1.67 bits per heavy atom. The smallest absolute Gasteiger partial charge is 0.435 e. The Kier molecular flexibility index (Phi) is 7.82. The largest absolute Gasteiger partial charge is 0.492 e. The van der Waals surface area contributed by atoms with Crippen molar-refractivity contribution in [3.63, 3.8) is 0 Å². The van der Waals surface area contributed by atoms with Gasteiger partial charge in [-0.1, -0.05) is 13.8 Å². The molecular weight excluding hydrogens is 573 g/mol. The van der Waals surface area contributed by atoms with E-state index in [4.69, 9.17) is 9.47 Å². The van der Waals surface area contributed by atoms with Gasteiger partial charge in [0.25, 0.3) is 5.91 Å². The molecular formula is C28H27F3N6O6. The van der Waals surface area contributed by atoms with E-state index in [0.29, 0.717) is 33.3 Å². The second-order valence-electron chi connectivity index (χ2n) is 10.2. The van der Waals surface area contributed by atoms with E-state index in [1.165, 1.54) is 18.2 Å². The average molecular weight is 601 g/mol. The topological polar surface area (TPSA) is 138 Å². The molecule has 5 rings (SSSR count). The highest BCUT2D eigenvalue weighted by Crippen LogP contribution is 2.33. The van der Waals surface area contributed by atoms with Crippen molar-refractivity contribution in [3.8, 4) is 11.6 Å². The number of hydrogen-bond donors (Lipinski definition) is 1. The van der Waals surface area contributed by atoms with Gasteiger partial charge in [0.15, 0.2) is 5.69 Å². The summed E-state index contributed by atoms with van der Waals surface area (Å²) in [7, 11) is 1.33. The lowest BCUT2D eigenvalue weighted by atomic mass is 9.93. The van der Waals surface area contributed by atoms with Gasteiger partial charge in [0.05, 0.1) is 30.6 Å². The standard InChI is InChI=1S/C28H27F3N6O6/c1-15-13-23(39)37(27(40)41)34-25(15)17-4-6-18(7-5-17)43-11-10-35-22(38)12-16(2)26(33-35)19-8-9-24(42-3)36-20(19)14-21(32-36)28(29,30)31/h4-9,14-16H,10-13H2,1-3H3,(H,40,41). The molecule has 2 aliphatic rings. The number of ether oxygens (including phenoxy) is 2. The third-order valence-corrected chi connectivity index (χ3v) is 7.12. The monoisotopic (exact) mass is 600 g/mol. The minimum atomic E-state index is -4.66. The molecule has 15 heteroatoms. The lowest BCUT2D eigenvalue weighted by Gasteiger charge is -2.28. The molecule has 2 atom stereocenters. The number of hydrazone groups is 2. The van der Waals surface area contributed by atoms with E-state index in [0.717, 1.165) is 10.6 Å². The van der Waals surface area contributed by atoms with Crippen molar-refractivity contribution in [2.75, 3.05) is 20.3 Å². The number of fused-ring (bicyclic) bond motifs is 1. The summed E-state index contributed by atoms with van der Waals surface area (Å²) in [5.41, 5.74) is 0.988. The maximum atomic E-state index is 13.4. The van der Waals surface area contributed by atoms with E-state index in [1.54, 1.807) is 44.2 Å². The second kappa shape index (κ2) is 11.4. The van der Waals surface area contributed by atoms with Crippen molar-refractivity contribution in [2.45, 2.75) is 32.9 Å². The molecule has 12 nitrogen and oxygen atoms in total. The fourth-order valence-corrected chi connectivity index (χ4v) is 4.97. The summed E-state index contributed by atoms with van der Waals surface area (Å²) in [5.74, 6) is -0.907. The molecule has 0 spiro atoms. The Morgan fingerprint density at radius 3 is 2.33 bits per heavy atom. The number of pyridine rings is 1. The van der Waals surface area contributed by atoms with Gasteiger partial charge in [-0.3, -0.25) is 9.59 Å². The number of halogens is 3. The summed E-state index contributed by atoms with van der Waals surface area (Å²) in [5, 5.41) is 23.0. The first-order chi connectivity index (χ1) is 20.4. The Bertz CT molecular complexity index is 1650. The Labute approximate surface area is 243 Å². The van der Waals surface area contributed by atoms with E-state index >= 15 is 0 Å². The summed E-state index contributed by atoms with van der Waals surface area (Å²) < 4.78 is 52.4. The first-order valence-electron chi connectivity index (χ1n) is 13.3. The summed E-state index contributed by atoms with van der Waals surface area (Å²) in [6.07, 6.45) is -6.00. The third kappa shape index (κ3) is 5.87. The normalized spacial score (nSPS) is 19.4. The van der Waals surface area contributed by atoms with Crippen LogP contribution in [0.3, 0.4) is 0 Å². The molecule has 3 amide bonds. The van der Waals surface area contributed by atoms with Crippen LogP contribution >= 0.6 is 0 Å². The lowest BCUT2D eigenvalue weighted by Crippen LogP contribution is -2.39. The molecule has 1 N–H and O–H groups in total. The van der Waals surface area contributed by atoms with E-state index in [9.17, 15) is 32.7 Å². The van der Waals surface area contributed by atoms with Crippen LogP contribution in [0.15, 0.2) is 52.7 Å². The fourth-order valence-electron chi connectivity index (χ4n) is 4.97. The minimum absolute atomic E-state index is 0.0148. The number of methoxy groups -OCH3 is 1. The maximum absolute atomic E-state index is 13.4. The van der Waals surface area contributed by atoms with Crippen LogP contribution in [0, 0.1) is 11.8 Å². The van der Waals surface area contributed by atoms with Crippen LogP contribution in [-0.4, -0.2) is 74.3 Å². The summed E-state index contributed by atoms with van der Waals surface area (Å²) in [6.45, 7) is 3.70. The number of nitrogens with zero attached hydrogens (tertiary/aromatic N) is 6. The van der Waals surface area contributed by atoms with Crippen LogP contribution in [0.5, 0.6) is 11.6 Å². The summed E-state index contributed by atoms with van der Waals surface area (Å²) in [4.78, 5) is 36.0. The van der Waals surface area contributed by atoms with E-state index < -0.39 is 23.9 Å². The number of carbonyl (C=O) groups is 3. The van der Waals surface area contributed by atoms with Gasteiger partial charge in [-0.15, -0.1) is 5.01 Å². The van der Waals surface area contributed by atoms with Crippen LogP contribution in [-0.2, 0) is 15.8 Å². The van der Waals surface area contributed by atoms with Gasteiger partial charge < -0.3 is 14.6 Å². The molecule has 43 heavy (non-hydrogen) atoms. The fraction of sp³-hybridized carbons (Fsp3) is 0.357. The number of carboxylic acid groups (broad SMARTS) is 1. The highest BCUT2D eigenvalue weighted by molar-refractivity contribution is 6.10. The summed E-state index contributed by atoms with van der Waals surface area (Å²) >= 11 is 0. The Morgan fingerprint density at radius 1 is 1.00 bits per heavy atom. The Hall–Kier alpha value is -4.95. The van der Waals surface area contributed by atoms with Gasteiger partial charge in [-0.25, -0.2) is 9.80 Å². The number of benzene rings is 1. The zero-order valence-corrected chi connectivity index (χ0v) is 23.3. The molecule has 0 fully saturated rings. The molecule has 0 aliphatic carbocycles. The molecule has 1 aromatic carbocycles. The number of alkyl halides is 3. The van der Waals surface area contributed by atoms with Crippen LogP contribution in [0.4, 0.5) is 18.0 Å². The first-order valence-corrected chi connectivity index (χ1v) is 13.3. The summed E-state index contributed by atoms with van der Waals surface area (Å²) in [6, 6.07) is 10.7. The minimum Gasteiger partial charge on any atom is -0.492 e. The molecule has 0 saturated heterocycles. The van der Waals surface area contributed by atoms with Crippen molar-refractivity contribution in [3.05, 3.63) is 59.3 Å². The highest BCUT2D eigenvalue weighted by Gasteiger charge is 2.36. The molecule has 2 unspecified atom stereocenters. The maximum Gasteiger partial charge on any atom is 0.435 e. The average Bonchev–Trinajstić information content (AvgIpc) is 3.41. The van der Waals surface area contributed by atoms with Gasteiger partial charge in [0.1, 0.15) is 12.4 Å². The van der Waals surface area contributed by atoms with Crippen molar-refractivity contribution in [1.29, 1.82) is 0 Å². The number of hydrogen-bond acceptors (Lipinski definition) is 8. The number of imide groups is 1. The predicted octanol–water partition coefficient (Wildman–Crippen LogP) is 4.26. The molecule has 3 aromatic rings. The van der Waals surface area contributed by atoms with Gasteiger partial charge in [-0.2, -0.15) is 33.0 Å². The second-order valence-corrected chi connectivity index (χ2v) is 10.2.